The summed E-state index contributed by atoms with van der Waals surface area (Å²) >= 11 is 0. The number of carbonyl (C=O) groups excluding carboxylic acids is 1. The monoisotopic (exact) mass is 579 g/mol. The Kier molecular flexibility index (Phi) is 10.9. The molecule has 8 nitrogen and oxygen atoms in total. The number of amides is 1. The molecule has 5 rings (SSSR count). The third kappa shape index (κ3) is 6.73. The van der Waals surface area contributed by atoms with E-state index < -0.39 is 0 Å². The zero-order chi connectivity index (χ0) is 27.4. The summed E-state index contributed by atoms with van der Waals surface area (Å²) in [6.45, 7) is 8.51. The standard InChI is InChI=1S/C32H35N3O4.ClH.H2O/c1-23-30(37)26-13-9-15-28(32(26)39-31(23)25-11-5-4-6-12-25)35(24(2)36)18-10-17-33-19-21-34(22-20-33)27-14-7-8-16-29(27)38-3;;/h4-9,11-16H,10,17-22H2,1-3H3;1H;1H2. The molecule has 0 atom stereocenters. The molecular weight excluding hydrogens is 542 g/mol. The van der Waals surface area contributed by atoms with Gasteiger partial charge in [0.2, 0.25) is 5.91 Å². The van der Waals surface area contributed by atoms with Crippen molar-refractivity contribution in [3.8, 4) is 17.1 Å². The summed E-state index contributed by atoms with van der Waals surface area (Å²) in [5, 5.41) is 0.489. The Hall–Kier alpha value is -3.85. The summed E-state index contributed by atoms with van der Waals surface area (Å²) < 4.78 is 11.9. The molecule has 0 aliphatic carbocycles. The molecule has 1 aromatic heterocycles. The Morgan fingerprint density at radius 3 is 2.32 bits per heavy atom. The van der Waals surface area contributed by atoms with Crippen molar-refractivity contribution in [3.05, 3.63) is 88.6 Å². The van der Waals surface area contributed by atoms with Crippen molar-refractivity contribution in [3.63, 3.8) is 0 Å². The Labute approximate surface area is 246 Å². The van der Waals surface area contributed by atoms with Gasteiger partial charge in [-0.1, -0.05) is 48.5 Å². The Balaban J connectivity index is 0.00000231. The number of piperazine rings is 1. The zero-order valence-corrected chi connectivity index (χ0v) is 24.6. The van der Waals surface area contributed by atoms with E-state index in [1.807, 2.05) is 60.7 Å². The number of fused-ring (bicyclic) bond motifs is 1. The largest absolute Gasteiger partial charge is 0.495 e. The summed E-state index contributed by atoms with van der Waals surface area (Å²) in [5.74, 6) is 1.36. The van der Waals surface area contributed by atoms with Crippen LogP contribution in [0.2, 0.25) is 0 Å². The van der Waals surface area contributed by atoms with Crippen LogP contribution < -0.4 is 20.0 Å². The quantitative estimate of drug-likeness (QED) is 0.293. The average Bonchev–Trinajstić information content (AvgIpc) is 2.97. The third-order valence-corrected chi connectivity index (χ3v) is 7.49. The van der Waals surface area contributed by atoms with Gasteiger partial charge >= 0.3 is 0 Å². The number of nitrogens with zero attached hydrogens (tertiary/aromatic N) is 3. The molecule has 218 valence electrons. The molecule has 1 saturated heterocycles. The Morgan fingerprint density at radius 1 is 0.951 bits per heavy atom. The molecule has 4 aromatic rings. The molecule has 1 amide bonds. The maximum Gasteiger partial charge on any atom is 0.223 e. The lowest BCUT2D eigenvalue weighted by atomic mass is 10.0. The van der Waals surface area contributed by atoms with Crippen LogP contribution in [0.1, 0.15) is 18.9 Å². The van der Waals surface area contributed by atoms with Crippen LogP contribution in [0, 0.1) is 6.92 Å². The number of halogens is 1. The number of methoxy groups -OCH3 is 1. The third-order valence-electron chi connectivity index (χ3n) is 7.49. The molecule has 1 aliphatic heterocycles. The lowest BCUT2D eigenvalue weighted by Crippen LogP contribution is -2.47. The molecule has 0 radical (unpaired) electrons. The molecule has 1 fully saturated rings. The van der Waals surface area contributed by atoms with Crippen LogP contribution in [-0.2, 0) is 4.79 Å². The van der Waals surface area contributed by atoms with Crippen molar-refractivity contribution >= 4 is 40.7 Å². The minimum absolute atomic E-state index is 0. The lowest BCUT2D eigenvalue weighted by Gasteiger charge is -2.37. The highest BCUT2D eigenvalue weighted by atomic mass is 35.5. The molecular formula is C32H38ClN3O5. The molecule has 0 saturated carbocycles. The first-order chi connectivity index (χ1) is 19.0. The van der Waals surface area contributed by atoms with E-state index >= 15 is 0 Å². The molecule has 1 aliphatic rings. The predicted octanol–water partition coefficient (Wildman–Crippen LogP) is 4.94. The van der Waals surface area contributed by atoms with E-state index in [1.165, 1.54) is 0 Å². The number of para-hydroxylation sites is 3. The molecule has 2 N–H and O–H groups in total. The summed E-state index contributed by atoms with van der Waals surface area (Å²) in [7, 11) is 1.71. The molecule has 0 bridgehead atoms. The fraction of sp³-hybridized carbons (Fsp3) is 0.312. The van der Waals surface area contributed by atoms with Gasteiger partial charge in [0.15, 0.2) is 11.0 Å². The van der Waals surface area contributed by atoms with Gasteiger partial charge in [-0.05, 0) is 44.2 Å². The van der Waals surface area contributed by atoms with Gasteiger partial charge in [0, 0.05) is 50.8 Å². The molecule has 2 heterocycles. The minimum Gasteiger partial charge on any atom is -0.495 e. The average molecular weight is 580 g/mol. The van der Waals surface area contributed by atoms with E-state index in [0.717, 1.165) is 56.1 Å². The Morgan fingerprint density at radius 2 is 1.63 bits per heavy atom. The van der Waals surface area contributed by atoms with Crippen molar-refractivity contribution in [2.24, 2.45) is 0 Å². The van der Waals surface area contributed by atoms with E-state index in [9.17, 15) is 9.59 Å². The van der Waals surface area contributed by atoms with Crippen molar-refractivity contribution in [1.29, 1.82) is 0 Å². The first-order valence-corrected chi connectivity index (χ1v) is 13.5. The predicted molar refractivity (Wildman–Crippen MR) is 168 cm³/mol. The fourth-order valence-electron chi connectivity index (χ4n) is 5.38. The van der Waals surface area contributed by atoms with Crippen LogP contribution in [0.4, 0.5) is 11.4 Å². The number of hydrogen-bond acceptors (Lipinski definition) is 6. The number of benzene rings is 3. The van der Waals surface area contributed by atoms with Gasteiger partial charge in [-0.3, -0.25) is 14.5 Å². The van der Waals surface area contributed by atoms with Gasteiger partial charge in [0.25, 0.3) is 0 Å². The highest BCUT2D eigenvalue weighted by molar-refractivity contribution is 6.00. The normalized spacial score (nSPS) is 13.3. The topological polar surface area (TPSA) is 97.7 Å². The molecule has 0 unspecified atom stereocenters. The number of hydrogen-bond donors (Lipinski definition) is 0. The van der Waals surface area contributed by atoms with E-state index in [1.54, 1.807) is 31.9 Å². The number of anilines is 2. The van der Waals surface area contributed by atoms with Crippen LogP contribution >= 0.6 is 12.4 Å². The van der Waals surface area contributed by atoms with Crippen LogP contribution in [0.3, 0.4) is 0 Å². The van der Waals surface area contributed by atoms with Crippen LogP contribution in [0.5, 0.6) is 5.75 Å². The second kappa shape index (κ2) is 14.2. The van der Waals surface area contributed by atoms with Gasteiger partial charge < -0.3 is 24.4 Å². The van der Waals surface area contributed by atoms with Crippen LogP contribution in [0.25, 0.3) is 22.3 Å². The van der Waals surface area contributed by atoms with Gasteiger partial charge in [-0.15, -0.1) is 12.4 Å². The molecule has 9 heteroatoms. The smallest absolute Gasteiger partial charge is 0.223 e. The van der Waals surface area contributed by atoms with Crippen LogP contribution in [0.15, 0.2) is 82.0 Å². The van der Waals surface area contributed by atoms with Crippen molar-refractivity contribution in [1.82, 2.24) is 4.90 Å². The maximum atomic E-state index is 13.3. The zero-order valence-electron chi connectivity index (χ0n) is 23.8. The first kappa shape index (κ1) is 31.7. The van der Waals surface area contributed by atoms with Gasteiger partial charge in [-0.25, -0.2) is 0 Å². The summed E-state index contributed by atoms with van der Waals surface area (Å²) in [6, 6.07) is 23.2. The molecule has 0 spiro atoms. The Bertz CT molecular complexity index is 1520. The molecule has 41 heavy (non-hydrogen) atoms. The second-order valence-corrected chi connectivity index (χ2v) is 9.93. The van der Waals surface area contributed by atoms with Crippen molar-refractivity contribution in [2.75, 3.05) is 56.2 Å². The van der Waals surface area contributed by atoms with E-state index in [2.05, 4.69) is 15.9 Å². The lowest BCUT2D eigenvalue weighted by molar-refractivity contribution is -0.116. The van der Waals surface area contributed by atoms with E-state index in [4.69, 9.17) is 9.15 Å². The highest BCUT2D eigenvalue weighted by Crippen LogP contribution is 2.32. The summed E-state index contributed by atoms with van der Waals surface area (Å²) in [5.41, 5.74) is 3.54. The molecule has 3 aromatic carbocycles. The first-order valence-electron chi connectivity index (χ1n) is 13.5. The number of ether oxygens (including phenoxy) is 1. The summed E-state index contributed by atoms with van der Waals surface area (Å²) in [6.07, 6.45) is 0.812. The number of rotatable bonds is 8. The SMILES string of the molecule is COc1ccccc1N1CCN(CCCN(C(C)=O)c2cccc3c(=O)c(C)c(-c4ccccc4)oc23)CC1.Cl.O. The van der Waals surface area contributed by atoms with Gasteiger partial charge in [0.1, 0.15) is 11.5 Å². The maximum absolute atomic E-state index is 13.3. The second-order valence-electron chi connectivity index (χ2n) is 9.93. The fourth-order valence-corrected chi connectivity index (χ4v) is 5.38. The van der Waals surface area contributed by atoms with Gasteiger partial charge in [0.05, 0.1) is 23.9 Å². The van der Waals surface area contributed by atoms with Crippen molar-refractivity contribution < 1.29 is 19.4 Å². The van der Waals surface area contributed by atoms with E-state index in [0.29, 0.717) is 34.5 Å². The van der Waals surface area contributed by atoms with E-state index in [-0.39, 0.29) is 29.2 Å². The summed E-state index contributed by atoms with van der Waals surface area (Å²) in [4.78, 5) is 32.6. The van der Waals surface area contributed by atoms with Crippen LogP contribution in [-0.4, -0.2) is 62.7 Å². The highest BCUT2D eigenvalue weighted by Gasteiger charge is 2.22. The minimum atomic E-state index is -0.0759. The van der Waals surface area contributed by atoms with Crippen molar-refractivity contribution in [2.45, 2.75) is 20.3 Å². The van der Waals surface area contributed by atoms with Gasteiger partial charge in [-0.2, -0.15) is 0 Å². The number of carbonyl (C=O) groups is 1.